The number of hydrogen-bond donors (Lipinski definition) is 1. The minimum Gasteiger partial charge on any atom is -0.369 e. The van der Waals surface area contributed by atoms with Gasteiger partial charge < -0.3 is 5.73 Å². The number of aryl methyl sites for hydroxylation is 1. The molecule has 1 atom stereocenters. The third-order valence-corrected chi connectivity index (χ3v) is 5.18. The van der Waals surface area contributed by atoms with Crippen LogP contribution in [0.2, 0.25) is 0 Å². The van der Waals surface area contributed by atoms with E-state index >= 15 is 0 Å². The van der Waals surface area contributed by atoms with Crippen molar-refractivity contribution in [2.24, 2.45) is 10.7 Å². The lowest BCUT2D eigenvalue weighted by atomic mass is 9.81. The topological polar surface area (TPSA) is 97.4 Å². The molecule has 1 amide bonds. The van der Waals surface area contributed by atoms with Crippen molar-refractivity contribution >= 4 is 11.9 Å². The number of guanidine groups is 1. The molecule has 0 radical (unpaired) electrons. The number of aliphatic imine (C=N–C) groups is 1. The summed E-state index contributed by atoms with van der Waals surface area (Å²) < 4.78 is 54.6. The van der Waals surface area contributed by atoms with Gasteiger partial charge in [-0.1, -0.05) is 6.07 Å². The van der Waals surface area contributed by atoms with Gasteiger partial charge in [0.05, 0.1) is 0 Å². The Labute approximate surface area is 179 Å². The smallest absolute Gasteiger partial charge is 0.369 e. The van der Waals surface area contributed by atoms with Crippen LogP contribution in [0.4, 0.5) is 17.6 Å². The summed E-state index contributed by atoms with van der Waals surface area (Å²) >= 11 is 0. The summed E-state index contributed by atoms with van der Waals surface area (Å²) in [5.74, 6) is -1.03. The first-order valence-corrected chi connectivity index (χ1v) is 9.30. The molecule has 0 fully saturated rings. The Hall–Kier alpha value is -3.89. The number of carbonyl (C=O) groups is 1. The number of hydrogen-bond acceptors (Lipinski definition) is 6. The van der Waals surface area contributed by atoms with Crippen molar-refractivity contribution in [2.45, 2.75) is 18.6 Å². The van der Waals surface area contributed by atoms with Crippen molar-refractivity contribution in [2.75, 3.05) is 7.05 Å². The Balaban J connectivity index is 1.97. The van der Waals surface area contributed by atoms with E-state index in [0.717, 1.165) is 23.2 Å². The first-order valence-electron chi connectivity index (χ1n) is 9.30. The molecule has 1 aliphatic heterocycles. The van der Waals surface area contributed by atoms with Crippen molar-refractivity contribution in [1.29, 1.82) is 0 Å². The quantitative estimate of drug-likeness (QED) is 0.627. The van der Waals surface area contributed by atoms with E-state index in [-0.39, 0.29) is 22.6 Å². The highest BCUT2D eigenvalue weighted by Crippen LogP contribution is 2.42. The average Bonchev–Trinajstić information content (AvgIpc) is 2.99. The van der Waals surface area contributed by atoms with Crippen LogP contribution in [-0.2, 0) is 16.5 Å². The Kier molecular flexibility index (Phi) is 4.91. The van der Waals surface area contributed by atoms with Crippen molar-refractivity contribution in [3.63, 3.8) is 0 Å². The summed E-state index contributed by atoms with van der Waals surface area (Å²) in [5, 5.41) is 0. The van der Waals surface area contributed by atoms with Crippen LogP contribution in [0.5, 0.6) is 0 Å². The molecule has 1 aliphatic rings. The first-order chi connectivity index (χ1) is 15.0. The summed E-state index contributed by atoms with van der Waals surface area (Å²) in [7, 11) is 1.35. The number of alkyl halides is 3. The molecule has 11 heteroatoms. The van der Waals surface area contributed by atoms with Crippen molar-refractivity contribution in [1.82, 2.24) is 19.9 Å². The Morgan fingerprint density at radius 2 is 1.69 bits per heavy atom. The van der Waals surface area contributed by atoms with E-state index in [2.05, 4.69) is 19.9 Å². The molecular formula is C21H16F4N6O. The second-order valence-corrected chi connectivity index (χ2v) is 7.19. The van der Waals surface area contributed by atoms with E-state index in [1.165, 1.54) is 37.6 Å². The Morgan fingerprint density at radius 1 is 1.03 bits per heavy atom. The molecule has 4 rings (SSSR count). The zero-order chi connectivity index (χ0) is 23.3. The van der Waals surface area contributed by atoms with Gasteiger partial charge in [0, 0.05) is 36.8 Å². The van der Waals surface area contributed by atoms with Crippen LogP contribution in [-0.4, -0.2) is 38.8 Å². The fourth-order valence-corrected chi connectivity index (χ4v) is 3.50. The lowest BCUT2D eigenvalue weighted by Crippen LogP contribution is -2.41. The number of likely N-dealkylation sites (N-methyl/N-ethyl adjacent to an activating group) is 1. The van der Waals surface area contributed by atoms with E-state index in [1.807, 2.05) is 0 Å². The van der Waals surface area contributed by atoms with Gasteiger partial charge >= 0.3 is 6.18 Å². The van der Waals surface area contributed by atoms with Crippen LogP contribution in [0.3, 0.4) is 0 Å². The minimum atomic E-state index is -4.74. The monoisotopic (exact) mass is 444 g/mol. The second-order valence-electron chi connectivity index (χ2n) is 7.19. The second kappa shape index (κ2) is 7.36. The molecule has 3 aromatic rings. The lowest BCUT2D eigenvalue weighted by molar-refractivity contribution is -0.141. The minimum absolute atomic E-state index is 0.0584. The van der Waals surface area contributed by atoms with Gasteiger partial charge in [-0.05, 0) is 42.3 Å². The highest BCUT2D eigenvalue weighted by molar-refractivity contribution is 6.09. The zero-order valence-corrected chi connectivity index (χ0v) is 16.9. The third kappa shape index (κ3) is 3.35. The fourth-order valence-electron chi connectivity index (χ4n) is 3.50. The predicted octanol–water partition coefficient (Wildman–Crippen LogP) is 3.04. The maximum Gasteiger partial charge on any atom is 0.433 e. The van der Waals surface area contributed by atoms with Crippen molar-refractivity contribution in [3.05, 3.63) is 77.4 Å². The molecule has 0 saturated heterocycles. The maximum absolute atomic E-state index is 14.7. The molecule has 164 valence electrons. The molecule has 2 aromatic heterocycles. The van der Waals surface area contributed by atoms with Crippen LogP contribution in [0.15, 0.2) is 53.9 Å². The predicted molar refractivity (Wildman–Crippen MR) is 107 cm³/mol. The number of amides is 1. The van der Waals surface area contributed by atoms with E-state index in [4.69, 9.17) is 5.73 Å². The van der Waals surface area contributed by atoms with E-state index in [1.54, 1.807) is 6.92 Å². The van der Waals surface area contributed by atoms with Gasteiger partial charge in [0.2, 0.25) is 0 Å². The summed E-state index contributed by atoms with van der Waals surface area (Å²) in [6.45, 7) is 1.66. The van der Waals surface area contributed by atoms with Crippen LogP contribution >= 0.6 is 0 Å². The molecule has 0 saturated carbocycles. The van der Waals surface area contributed by atoms with Gasteiger partial charge in [0.15, 0.2) is 11.5 Å². The van der Waals surface area contributed by atoms with Crippen molar-refractivity contribution < 1.29 is 22.4 Å². The zero-order valence-electron chi connectivity index (χ0n) is 16.9. The molecule has 0 aliphatic carbocycles. The highest BCUT2D eigenvalue weighted by atomic mass is 19.4. The van der Waals surface area contributed by atoms with Crippen LogP contribution in [0.25, 0.3) is 11.1 Å². The number of aromatic nitrogens is 3. The molecule has 0 bridgehead atoms. The number of carbonyl (C=O) groups excluding carboxylic acids is 1. The normalized spacial score (nSPS) is 18.8. The first kappa shape index (κ1) is 21.3. The van der Waals surface area contributed by atoms with E-state index in [0.29, 0.717) is 11.4 Å². The Bertz CT molecular complexity index is 1240. The van der Waals surface area contributed by atoms with Crippen LogP contribution < -0.4 is 5.73 Å². The SMILES string of the molecule is Cc1ncc(-c2cc(C3(c4ccnc(C(F)(F)F)c4)N=C(N)N(C)C3=O)ccc2F)cn1. The number of halogens is 4. The average molecular weight is 444 g/mol. The van der Waals surface area contributed by atoms with Gasteiger partial charge in [0.25, 0.3) is 5.91 Å². The highest BCUT2D eigenvalue weighted by Gasteiger charge is 2.50. The molecule has 1 unspecified atom stereocenters. The van der Waals surface area contributed by atoms with Gasteiger partial charge in [-0.25, -0.2) is 19.4 Å². The van der Waals surface area contributed by atoms with Crippen LogP contribution in [0, 0.1) is 12.7 Å². The largest absolute Gasteiger partial charge is 0.433 e. The summed E-state index contributed by atoms with van der Waals surface area (Å²) in [6.07, 6.45) is -0.986. The van der Waals surface area contributed by atoms with E-state index in [9.17, 15) is 22.4 Å². The van der Waals surface area contributed by atoms with Crippen molar-refractivity contribution in [3.8, 4) is 11.1 Å². The molecule has 32 heavy (non-hydrogen) atoms. The number of rotatable bonds is 3. The lowest BCUT2D eigenvalue weighted by Gasteiger charge is -2.27. The molecule has 0 spiro atoms. The number of pyridine rings is 1. The Morgan fingerprint density at radius 3 is 2.28 bits per heavy atom. The van der Waals surface area contributed by atoms with Gasteiger partial charge in [0.1, 0.15) is 17.3 Å². The summed E-state index contributed by atoms with van der Waals surface area (Å²) in [6, 6.07) is 5.72. The standard InChI is InChI=1S/C21H16F4N6O/c1-11-28-9-12(10-29-11)15-7-13(3-4-16(15)22)20(18(32)31(2)19(26)30-20)14-5-6-27-17(8-14)21(23,24)25/h3-10H,1-2H3,(H2,26,30). The summed E-state index contributed by atoms with van der Waals surface area (Å²) in [4.78, 5) is 30.0. The number of benzene rings is 1. The number of nitrogens with two attached hydrogens (primary N) is 1. The fraction of sp³-hybridized carbons (Fsp3) is 0.190. The van der Waals surface area contributed by atoms with Gasteiger partial charge in [-0.3, -0.25) is 14.7 Å². The number of nitrogens with zero attached hydrogens (tertiary/aromatic N) is 5. The third-order valence-electron chi connectivity index (χ3n) is 5.18. The van der Waals surface area contributed by atoms with Crippen LogP contribution in [0.1, 0.15) is 22.6 Å². The molecule has 3 heterocycles. The maximum atomic E-state index is 14.7. The van der Waals surface area contributed by atoms with E-state index < -0.39 is 29.1 Å². The molecule has 1 aromatic carbocycles. The molecular weight excluding hydrogens is 428 g/mol. The molecule has 2 N–H and O–H groups in total. The molecule has 7 nitrogen and oxygen atoms in total. The van der Waals surface area contributed by atoms with Gasteiger partial charge in [-0.2, -0.15) is 13.2 Å². The summed E-state index contributed by atoms with van der Waals surface area (Å²) in [5.41, 5.74) is 3.13. The van der Waals surface area contributed by atoms with Gasteiger partial charge in [-0.15, -0.1) is 0 Å².